The van der Waals surface area contributed by atoms with Crippen LogP contribution in [-0.4, -0.2) is 27.8 Å². The van der Waals surface area contributed by atoms with E-state index in [9.17, 15) is 9.59 Å². The van der Waals surface area contributed by atoms with Crippen LogP contribution in [0.2, 0.25) is 5.02 Å². The molecule has 2 N–H and O–H groups in total. The summed E-state index contributed by atoms with van der Waals surface area (Å²) in [5, 5.41) is 5.75. The maximum Gasteiger partial charge on any atom is 0.313 e. The fourth-order valence-electron chi connectivity index (χ4n) is 2.57. The van der Waals surface area contributed by atoms with Crippen LogP contribution in [0.5, 0.6) is 5.75 Å². The molecule has 0 aliphatic carbocycles. The first-order chi connectivity index (χ1) is 13.0. The van der Waals surface area contributed by atoms with Gasteiger partial charge < -0.3 is 19.8 Å². The molecule has 3 aromatic rings. The van der Waals surface area contributed by atoms with Crippen molar-refractivity contribution in [2.75, 3.05) is 11.9 Å². The number of nitrogens with one attached hydrogen (secondary N) is 2. The molecular formula is C19H19ClN4O3. The number of rotatable bonds is 5. The van der Waals surface area contributed by atoms with Crippen molar-refractivity contribution >= 4 is 34.7 Å². The van der Waals surface area contributed by atoms with Crippen LogP contribution in [0.4, 0.5) is 5.69 Å². The predicted molar refractivity (Wildman–Crippen MR) is 103 cm³/mol. The number of anilines is 1. The largest absolute Gasteiger partial charge is 0.494 e. The molecule has 8 heteroatoms. The second-order valence-corrected chi connectivity index (χ2v) is 6.33. The lowest BCUT2D eigenvalue weighted by Gasteiger charge is -2.10. The molecule has 0 saturated heterocycles. The van der Waals surface area contributed by atoms with Gasteiger partial charge in [-0.05, 0) is 49.7 Å². The van der Waals surface area contributed by atoms with Crippen LogP contribution in [0.1, 0.15) is 18.2 Å². The Morgan fingerprint density at radius 1 is 1.19 bits per heavy atom. The van der Waals surface area contributed by atoms with Crippen molar-refractivity contribution in [3.8, 4) is 5.75 Å². The van der Waals surface area contributed by atoms with Gasteiger partial charge in [0, 0.05) is 18.1 Å². The maximum atomic E-state index is 12.1. The van der Waals surface area contributed by atoms with Gasteiger partial charge in [-0.3, -0.25) is 9.59 Å². The van der Waals surface area contributed by atoms with Crippen LogP contribution in [0.3, 0.4) is 0 Å². The van der Waals surface area contributed by atoms with Gasteiger partial charge in [0.05, 0.1) is 23.9 Å². The first-order valence-corrected chi connectivity index (χ1v) is 8.80. The van der Waals surface area contributed by atoms with E-state index in [0.29, 0.717) is 34.4 Å². The van der Waals surface area contributed by atoms with E-state index in [1.807, 2.05) is 13.8 Å². The third kappa shape index (κ3) is 4.57. The van der Waals surface area contributed by atoms with Crippen molar-refractivity contribution in [2.24, 2.45) is 0 Å². The van der Waals surface area contributed by atoms with Crippen molar-refractivity contribution in [2.45, 2.75) is 20.4 Å². The number of fused-ring (bicyclic) bond motifs is 1. The normalized spacial score (nSPS) is 10.6. The molecule has 2 heterocycles. The van der Waals surface area contributed by atoms with Crippen LogP contribution in [0, 0.1) is 6.92 Å². The lowest BCUT2D eigenvalue weighted by molar-refractivity contribution is -0.136. The second-order valence-electron chi connectivity index (χ2n) is 5.89. The molecule has 0 saturated carbocycles. The Labute approximate surface area is 161 Å². The SMILES string of the molecule is CCOc1ccc(NC(=O)C(=O)NCc2cn3cc(Cl)ccc3n2)c(C)c1. The number of aromatic nitrogens is 2. The van der Waals surface area contributed by atoms with Gasteiger partial charge in [-0.2, -0.15) is 0 Å². The van der Waals surface area contributed by atoms with Gasteiger partial charge in [-0.15, -0.1) is 0 Å². The Kier molecular flexibility index (Phi) is 5.61. The van der Waals surface area contributed by atoms with Crippen LogP contribution < -0.4 is 15.4 Å². The topological polar surface area (TPSA) is 84.7 Å². The molecule has 1 aromatic carbocycles. The molecule has 0 atom stereocenters. The number of carbonyl (C=O) groups is 2. The Morgan fingerprint density at radius 2 is 2.00 bits per heavy atom. The van der Waals surface area contributed by atoms with E-state index in [4.69, 9.17) is 16.3 Å². The van der Waals surface area contributed by atoms with E-state index in [2.05, 4.69) is 15.6 Å². The number of pyridine rings is 1. The van der Waals surface area contributed by atoms with Crippen molar-refractivity contribution < 1.29 is 14.3 Å². The summed E-state index contributed by atoms with van der Waals surface area (Å²) in [6, 6.07) is 8.76. The number of ether oxygens (including phenoxy) is 1. The average molecular weight is 387 g/mol. The molecule has 7 nitrogen and oxygen atoms in total. The fraction of sp³-hybridized carbons (Fsp3) is 0.211. The number of halogens is 1. The van der Waals surface area contributed by atoms with Gasteiger partial charge in [0.1, 0.15) is 11.4 Å². The molecule has 0 unspecified atom stereocenters. The molecule has 0 spiro atoms. The minimum absolute atomic E-state index is 0.133. The summed E-state index contributed by atoms with van der Waals surface area (Å²) >= 11 is 5.93. The third-order valence-corrected chi connectivity index (χ3v) is 4.08. The van der Waals surface area contributed by atoms with E-state index in [0.717, 1.165) is 5.56 Å². The number of hydrogen-bond acceptors (Lipinski definition) is 4. The second kappa shape index (κ2) is 8.09. The standard InChI is InChI=1S/C19H19ClN4O3/c1-3-27-15-5-6-16(12(2)8-15)23-19(26)18(25)21-9-14-11-24-10-13(20)4-7-17(24)22-14/h4-8,10-11H,3,9H2,1-2H3,(H,21,25)(H,23,26). The van der Waals surface area contributed by atoms with E-state index < -0.39 is 11.8 Å². The summed E-state index contributed by atoms with van der Waals surface area (Å²) in [5.41, 5.74) is 2.69. The smallest absolute Gasteiger partial charge is 0.313 e. The van der Waals surface area contributed by atoms with Crippen molar-refractivity contribution in [1.82, 2.24) is 14.7 Å². The molecule has 140 valence electrons. The number of benzene rings is 1. The number of carbonyl (C=O) groups excluding carboxylic acids is 2. The first kappa shape index (κ1) is 18.7. The molecule has 0 fully saturated rings. The number of aryl methyl sites for hydroxylation is 1. The summed E-state index contributed by atoms with van der Waals surface area (Å²) in [4.78, 5) is 28.5. The zero-order chi connectivity index (χ0) is 19.4. The number of hydrogen-bond donors (Lipinski definition) is 2. The molecule has 0 aliphatic rings. The molecule has 0 aliphatic heterocycles. The highest BCUT2D eigenvalue weighted by molar-refractivity contribution is 6.39. The van der Waals surface area contributed by atoms with Crippen molar-refractivity contribution in [3.05, 3.63) is 59.0 Å². The summed E-state index contributed by atoms with van der Waals surface area (Å²) < 4.78 is 7.16. The summed E-state index contributed by atoms with van der Waals surface area (Å²) in [5.74, 6) is -0.767. The predicted octanol–water partition coefficient (Wildman–Crippen LogP) is 2.95. The highest BCUT2D eigenvalue weighted by Gasteiger charge is 2.15. The number of nitrogens with zero attached hydrogens (tertiary/aromatic N) is 2. The molecular weight excluding hydrogens is 368 g/mol. The van der Waals surface area contributed by atoms with Gasteiger partial charge in [-0.25, -0.2) is 4.98 Å². The van der Waals surface area contributed by atoms with Crippen molar-refractivity contribution in [3.63, 3.8) is 0 Å². The maximum absolute atomic E-state index is 12.1. The highest BCUT2D eigenvalue weighted by Crippen LogP contribution is 2.21. The van der Waals surface area contributed by atoms with Gasteiger partial charge in [-0.1, -0.05) is 11.6 Å². The number of imidazole rings is 1. The molecule has 2 aromatic heterocycles. The fourth-order valence-corrected chi connectivity index (χ4v) is 2.73. The zero-order valence-electron chi connectivity index (χ0n) is 15.0. The van der Waals surface area contributed by atoms with Crippen molar-refractivity contribution in [1.29, 1.82) is 0 Å². The number of amides is 2. The quantitative estimate of drug-likeness (QED) is 0.660. The Balaban J connectivity index is 1.59. The molecule has 3 rings (SSSR count). The van der Waals surface area contributed by atoms with E-state index in [-0.39, 0.29) is 6.54 Å². The van der Waals surface area contributed by atoms with Crippen LogP contribution in [-0.2, 0) is 16.1 Å². The summed E-state index contributed by atoms with van der Waals surface area (Å²) in [6.07, 6.45) is 3.46. The van der Waals surface area contributed by atoms with Crippen LogP contribution in [0.15, 0.2) is 42.7 Å². The summed E-state index contributed by atoms with van der Waals surface area (Å²) in [7, 11) is 0. The monoisotopic (exact) mass is 386 g/mol. The van der Waals surface area contributed by atoms with Crippen LogP contribution >= 0.6 is 11.6 Å². The van der Waals surface area contributed by atoms with Gasteiger partial charge in [0.25, 0.3) is 0 Å². The van der Waals surface area contributed by atoms with E-state index in [1.165, 1.54) is 0 Å². The van der Waals surface area contributed by atoms with E-state index >= 15 is 0 Å². The minimum Gasteiger partial charge on any atom is -0.494 e. The lowest BCUT2D eigenvalue weighted by Crippen LogP contribution is -2.35. The molecule has 27 heavy (non-hydrogen) atoms. The van der Waals surface area contributed by atoms with Gasteiger partial charge in [0.15, 0.2) is 0 Å². The molecule has 0 bridgehead atoms. The Hall–Kier alpha value is -3.06. The first-order valence-electron chi connectivity index (χ1n) is 8.42. The highest BCUT2D eigenvalue weighted by atomic mass is 35.5. The molecule has 2 amide bonds. The Morgan fingerprint density at radius 3 is 2.74 bits per heavy atom. The Bertz CT molecular complexity index is 1000. The average Bonchev–Trinajstić information content (AvgIpc) is 3.04. The molecule has 0 radical (unpaired) electrons. The van der Waals surface area contributed by atoms with Crippen LogP contribution in [0.25, 0.3) is 5.65 Å². The zero-order valence-corrected chi connectivity index (χ0v) is 15.7. The third-order valence-electron chi connectivity index (χ3n) is 3.86. The van der Waals surface area contributed by atoms with E-state index in [1.54, 1.807) is 47.1 Å². The minimum atomic E-state index is -0.742. The summed E-state index contributed by atoms with van der Waals surface area (Å²) in [6.45, 7) is 4.42. The lowest BCUT2D eigenvalue weighted by atomic mass is 10.2. The van der Waals surface area contributed by atoms with Gasteiger partial charge in [0.2, 0.25) is 0 Å². The van der Waals surface area contributed by atoms with Gasteiger partial charge >= 0.3 is 11.8 Å².